The van der Waals surface area contributed by atoms with Crippen LogP contribution in [-0.4, -0.2) is 36.5 Å². The fourth-order valence-corrected chi connectivity index (χ4v) is 2.40. The Bertz CT molecular complexity index is 254. The maximum Gasteiger partial charge on any atom is 0.224 e. The number of likely N-dealkylation sites (tertiary alicyclic amines) is 1. The Morgan fingerprint density at radius 2 is 2.19 bits per heavy atom. The minimum absolute atomic E-state index is 0. The third-order valence-electron chi connectivity index (χ3n) is 3.82. The van der Waals surface area contributed by atoms with E-state index in [1.165, 1.54) is 19.3 Å². The first kappa shape index (κ1) is 11.9. The molecule has 1 N–H and O–H groups in total. The minimum atomic E-state index is 0. The van der Waals surface area contributed by atoms with Gasteiger partial charge in [0, 0.05) is 20.6 Å². The van der Waals surface area contributed by atoms with Crippen LogP contribution in [0.1, 0.15) is 41.0 Å². The Kier molecular flexibility index (Phi) is 3.85. The summed E-state index contributed by atoms with van der Waals surface area (Å²) in [5, 5.41) is 3.11. The summed E-state index contributed by atoms with van der Waals surface area (Å²) in [7, 11) is 0. The highest BCUT2D eigenvalue weighted by molar-refractivity contribution is 5.79. The highest BCUT2D eigenvalue weighted by atomic mass is 16.1. The number of nitrogens with zero attached hydrogens (tertiary/aromatic N) is 1. The molecule has 0 spiro atoms. The zero-order valence-corrected chi connectivity index (χ0v) is 10.5. The van der Waals surface area contributed by atoms with Gasteiger partial charge in [0.2, 0.25) is 5.91 Å². The van der Waals surface area contributed by atoms with Gasteiger partial charge in [-0.05, 0) is 52.0 Å². The molecule has 1 heterocycles. The fourth-order valence-electron chi connectivity index (χ4n) is 2.40. The van der Waals surface area contributed by atoms with Gasteiger partial charge in [0.25, 0.3) is 0 Å². The van der Waals surface area contributed by atoms with E-state index in [9.17, 15) is 4.79 Å². The van der Waals surface area contributed by atoms with Crippen molar-refractivity contribution in [3.63, 3.8) is 0 Å². The Labute approximate surface area is 100 Å². The van der Waals surface area contributed by atoms with Crippen molar-refractivity contribution in [1.82, 2.24) is 10.2 Å². The second-order valence-corrected chi connectivity index (χ2v) is 5.62. The minimum Gasteiger partial charge on any atom is -0.356 e. The van der Waals surface area contributed by atoms with Crippen molar-refractivity contribution in [1.29, 1.82) is 0 Å². The molecule has 16 heavy (non-hydrogen) atoms. The molecule has 3 nitrogen and oxygen atoms in total. The van der Waals surface area contributed by atoms with Crippen molar-refractivity contribution in [3.8, 4) is 0 Å². The summed E-state index contributed by atoms with van der Waals surface area (Å²) in [5.41, 5.74) is 0. The number of nitrogens with one attached hydrogen (secondary N) is 1. The maximum atomic E-state index is 12.0. The first-order valence-electron chi connectivity index (χ1n) is 6.68. The SMILES string of the molecule is CC(C)N1CCCC(C(=O)NCC2CC2)C1.[HH]. The van der Waals surface area contributed by atoms with Crippen molar-refractivity contribution in [3.05, 3.63) is 0 Å². The number of piperidine rings is 1. The number of hydrogen-bond donors (Lipinski definition) is 1. The van der Waals surface area contributed by atoms with Crippen LogP contribution in [0.15, 0.2) is 0 Å². The van der Waals surface area contributed by atoms with Gasteiger partial charge in [-0.2, -0.15) is 0 Å². The molecule has 1 saturated heterocycles. The topological polar surface area (TPSA) is 32.3 Å². The Hall–Kier alpha value is -0.570. The van der Waals surface area contributed by atoms with Crippen molar-refractivity contribution < 1.29 is 6.22 Å². The third-order valence-corrected chi connectivity index (χ3v) is 3.82. The largest absolute Gasteiger partial charge is 0.356 e. The number of hydrogen-bond acceptors (Lipinski definition) is 2. The quantitative estimate of drug-likeness (QED) is 0.794. The van der Waals surface area contributed by atoms with Crippen LogP contribution in [0.25, 0.3) is 0 Å². The third kappa shape index (κ3) is 3.21. The van der Waals surface area contributed by atoms with Crippen LogP contribution in [0.2, 0.25) is 0 Å². The molecule has 94 valence electrons. The van der Waals surface area contributed by atoms with Crippen LogP contribution in [0.5, 0.6) is 0 Å². The lowest BCUT2D eigenvalue weighted by Gasteiger charge is -2.34. The normalized spacial score (nSPS) is 27.1. The summed E-state index contributed by atoms with van der Waals surface area (Å²) in [6, 6.07) is 0.569. The summed E-state index contributed by atoms with van der Waals surface area (Å²) < 4.78 is 0. The molecule has 1 aliphatic carbocycles. The molecule has 0 radical (unpaired) electrons. The van der Waals surface area contributed by atoms with Gasteiger partial charge >= 0.3 is 0 Å². The number of carbonyl (C=O) groups is 1. The first-order chi connectivity index (χ1) is 7.66. The highest BCUT2D eigenvalue weighted by Gasteiger charge is 2.28. The molecule has 1 aliphatic heterocycles. The summed E-state index contributed by atoms with van der Waals surface area (Å²) in [6.07, 6.45) is 4.85. The average molecular weight is 226 g/mol. The van der Waals surface area contributed by atoms with E-state index in [0.29, 0.717) is 6.04 Å². The summed E-state index contributed by atoms with van der Waals surface area (Å²) in [6.45, 7) is 7.45. The zero-order valence-electron chi connectivity index (χ0n) is 10.5. The molecule has 2 aliphatic rings. The van der Waals surface area contributed by atoms with Crippen molar-refractivity contribution in [2.45, 2.75) is 45.6 Å². The van der Waals surface area contributed by atoms with Gasteiger partial charge in [0.1, 0.15) is 0 Å². The van der Waals surface area contributed by atoms with Crippen LogP contribution >= 0.6 is 0 Å². The predicted molar refractivity (Wildman–Crippen MR) is 67.3 cm³/mol. The Morgan fingerprint density at radius 1 is 1.44 bits per heavy atom. The van der Waals surface area contributed by atoms with Crippen molar-refractivity contribution in [2.75, 3.05) is 19.6 Å². The maximum absolute atomic E-state index is 12.0. The van der Waals surface area contributed by atoms with Gasteiger partial charge in [-0.25, -0.2) is 0 Å². The van der Waals surface area contributed by atoms with Gasteiger partial charge in [0.05, 0.1) is 5.92 Å². The van der Waals surface area contributed by atoms with E-state index in [0.717, 1.165) is 32.0 Å². The Morgan fingerprint density at radius 3 is 2.81 bits per heavy atom. The van der Waals surface area contributed by atoms with E-state index in [4.69, 9.17) is 0 Å². The monoisotopic (exact) mass is 226 g/mol. The van der Waals surface area contributed by atoms with Crippen LogP contribution < -0.4 is 5.32 Å². The number of amides is 1. The van der Waals surface area contributed by atoms with Gasteiger partial charge in [-0.15, -0.1) is 0 Å². The van der Waals surface area contributed by atoms with Crippen LogP contribution in [0.3, 0.4) is 0 Å². The van der Waals surface area contributed by atoms with E-state index in [-0.39, 0.29) is 13.3 Å². The highest BCUT2D eigenvalue weighted by Crippen LogP contribution is 2.28. The standard InChI is InChI=1S/C13H24N2O.H2/c1-10(2)15-7-3-4-12(9-15)13(16)14-8-11-5-6-11;/h10-12H,3-9H2,1-2H3,(H,14,16);1H. The number of rotatable bonds is 4. The Balaban J connectivity index is 0.00000144. The van der Waals surface area contributed by atoms with Gasteiger partial charge in [-0.3, -0.25) is 4.79 Å². The molecule has 1 amide bonds. The fraction of sp³-hybridized carbons (Fsp3) is 0.923. The molecule has 1 atom stereocenters. The van der Waals surface area contributed by atoms with E-state index in [2.05, 4.69) is 24.1 Å². The van der Waals surface area contributed by atoms with E-state index in [1.54, 1.807) is 0 Å². The summed E-state index contributed by atoms with van der Waals surface area (Å²) >= 11 is 0. The van der Waals surface area contributed by atoms with Gasteiger partial charge < -0.3 is 10.2 Å². The van der Waals surface area contributed by atoms with E-state index < -0.39 is 0 Å². The lowest BCUT2D eigenvalue weighted by Crippen LogP contribution is -2.45. The second kappa shape index (κ2) is 5.17. The molecular formula is C13H26N2O. The van der Waals surface area contributed by atoms with Crippen LogP contribution in [0.4, 0.5) is 0 Å². The summed E-state index contributed by atoms with van der Waals surface area (Å²) in [4.78, 5) is 14.4. The molecular weight excluding hydrogens is 200 g/mol. The van der Waals surface area contributed by atoms with Crippen LogP contribution in [-0.2, 0) is 4.79 Å². The zero-order chi connectivity index (χ0) is 11.5. The van der Waals surface area contributed by atoms with Gasteiger partial charge in [0.15, 0.2) is 0 Å². The molecule has 2 fully saturated rings. The molecule has 1 unspecified atom stereocenters. The first-order valence-corrected chi connectivity index (χ1v) is 6.68. The van der Waals surface area contributed by atoms with Crippen LogP contribution in [0, 0.1) is 11.8 Å². The lowest BCUT2D eigenvalue weighted by molar-refractivity contribution is -0.127. The van der Waals surface area contributed by atoms with Crippen molar-refractivity contribution in [2.24, 2.45) is 11.8 Å². The summed E-state index contributed by atoms with van der Waals surface area (Å²) in [5.74, 6) is 1.31. The molecule has 0 bridgehead atoms. The van der Waals surface area contributed by atoms with Gasteiger partial charge in [-0.1, -0.05) is 0 Å². The second-order valence-electron chi connectivity index (χ2n) is 5.62. The molecule has 0 aromatic heterocycles. The number of carbonyl (C=O) groups excluding carboxylic acids is 1. The molecule has 0 aromatic carbocycles. The molecule has 2 rings (SSSR count). The van der Waals surface area contributed by atoms with E-state index >= 15 is 0 Å². The van der Waals surface area contributed by atoms with Crippen molar-refractivity contribution >= 4 is 5.91 Å². The smallest absolute Gasteiger partial charge is 0.224 e. The lowest BCUT2D eigenvalue weighted by atomic mass is 9.96. The molecule has 1 saturated carbocycles. The van der Waals surface area contributed by atoms with E-state index in [1.807, 2.05) is 0 Å². The molecule has 3 heteroatoms. The molecule has 0 aromatic rings. The average Bonchev–Trinajstić information content (AvgIpc) is 3.10. The predicted octanol–water partition coefficient (Wildman–Crippen LogP) is 1.88.